The molecule has 0 aliphatic rings. The summed E-state index contributed by atoms with van der Waals surface area (Å²) in [5.41, 5.74) is 3.45. The van der Waals surface area contributed by atoms with Gasteiger partial charge in [0.05, 0.1) is 0 Å². The molecule has 0 amide bonds. The molecule has 1 unspecified atom stereocenters. The lowest BCUT2D eigenvalue weighted by Crippen LogP contribution is -2.37. The van der Waals surface area contributed by atoms with Crippen LogP contribution in [-0.2, 0) is 5.60 Å². The van der Waals surface area contributed by atoms with Crippen molar-refractivity contribution in [3.8, 4) is 11.5 Å². The Bertz CT molecular complexity index is 626. The largest absolute Gasteiger partial charge is 0.378 e. The lowest BCUT2D eigenvalue weighted by atomic mass is 9.83. The molecule has 1 N–H and O–H groups in total. The summed E-state index contributed by atoms with van der Waals surface area (Å²) < 4.78 is 0. The summed E-state index contributed by atoms with van der Waals surface area (Å²) in [6.07, 6.45) is 0. The molecule has 114 valence electrons. The van der Waals surface area contributed by atoms with Gasteiger partial charge in [-0.15, -0.1) is 17.1 Å². The van der Waals surface area contributed by atoms with Gasteiger partial charge in [-0.1, -0.05) is 86.2 Å². The van der Waals surface area contributed by atoms with Crippen molar-refractivity contribution in [3.63, 3.8) is 0 Å². The van der Waals surface area contributed by atoms with Crippen LogP contribution >= 0.6 is 11.6 Å². The molecule has 0 radical (unpaired) electrons. The molecular formula is C19H21ClOSi. The van der Waals surface area contributed by atoms with Gasteiger partial charge >= 0.3 is 0 Å². The van der Waals surface area contributed by atoms with Crippen LogP contribution in [0.1, 0.15) is 11.1 Å². The molecule has 0 bridgehead atoms. The molecule has 0 spiro atoms. The molecule has 2 aromatic rings. The fraction of sp³-hybridized carbons (Fsp3) is 0.263. The summed E-state index contributed by atoms with van der Waals surface area (Å²) in [6, 6.07) is 19.0. The van der Waals surface area contributed by atoms with Crippen molar-refractivity contribution >= 4 is 19.7 Å². The number of rotatable bonds is 3. The molecule has 1 nitrogen and oxygen atoms in total. The number of halogens is 1. The smallest absolute Gasteiger partial charge is 0.142 e. The Labute approximate surface area is 139 Å². The molecule has 0 aromatic heterocycles. The van der Waals surface area contributed by atoms with Crippen molar-refractivity contribution in [2.75, 3.05) is 0 Å². The fourth-order valence-corrected chi connectivity index (χ4v) is 3.20. The normalized spacial score (nSPS) is 13.1. The third-order valence-electron chi connectivity index (χ3n) is 3.37. The Morgan fingerprint density at radius 1 is 0.909 bits per heavy atom. The van der Waals surface area contributed by atoms with Crippen LogP contribution in [0, 0.1) is 11.5 Å². The van der Waals surface area contributed by atoms with E-state index in [1.54, 1.807) is 0 Å². The first-order valence-electron chi connectivity index (χ1n) is 7.34. The minimum Gasteiger partial charge on any atom is -0.378 e. The molecule has 0 heterocycles. The zero-order chi connectivity index (χ0) is 16.2. The first-order chi connectivity index (χ1) is 10.3. The monoisotopic (exact) mass is 328 g/mol. The molecule has 3 heteroatoms. The minimum absolute atomic E-state index is 0.705. The van der Waals surface area contributed by atoms with E-state index in [1.165, 1.54) is 0 Å². The first-order valence-corrected chi connectivity index (χ1v) is 11.3. The van der Waals surface area contributed by atoms with E-state index in [4.69, 9.17) is 11.6 Å². The molecule has 0 aliphatic heterocycles. The average Bonchev–Trinajstić information content (AvgIpc) is 2.52. The van der Waals surface area contributed by atoms with Crippen molar-refractivity contribution in [2.24, 2.45) is 0 Å². The van der Waals surface area contributed by atoms with Crippen LogP contribution < -0.4 is 0 Å². The van der Waals surface area contributed by atoms with Crippen molar-refractivity contribution in [1.82, 2.24) is 0 Å². The summed E-state index contributed by atoms with van der Waals surface area (Å²) in [5, 5.41) is 10.7. The maximum absolute atomic E-state index is 11.4. The van der Waals surface area contributed by atoms with Crippen LogP contribution in [0.5, 0.6) is 0 Å². The number of hydrogen-bond acceptors (Lipinski definition) is 1. The van der Waals surface area contributed by atoms with Gasteiger partial charge in [0.15, 0.2) is 0 Å². The minimum atomic E-state index is -1.56. The second-order valence-electron chi connectivity index (χ2n) is 6.38. The number of aliphatic hydroxyl groups is 1. The average molecular weight is 329 g/mol. The fourth-order valence-electron chi connectivity index (χ4n) is 2.23. The molecule has 0 saturated heterocycles. The highest BCUT2D eigenvalue weighted by Gasteiger charge is 2.38. The van der Waals surface area contributed by atoms with Crippen LogP contribution in [-0.4, -0.2) is 18.6 Å². The van der Waals surface area contributed by atoms with E-state index < -0.39 is 19.1 Å². The first kappa shape index (κ1) is 16.8. The Kier molecular flexibility index (Phi) is 5.13. The van der Waals surface area contributed by atoms with E-state index in [-0.39, 0.29) is 0 Å². The highest BCUT2D eigenvalue weighted by atomic mass is 35.5. The predicted octanol–water partition coefficient (Wildman–Crippen LogP) is 4.41. The van der Waals surface area contributed by atoms with Crippen LogP contribution in [0.4, 0.5) is 0 Å². The molecule has 0 saturated carbocycles. The maximum atomic E-state index is 11.4. The number of benzene rings is 2. The third kappa shape index (κ3) is 3.81. The van der Waals surface area contributed by atoms with Crippen LogP contribution in [0.15, 0.2) is 60.7 Å². The van der Waals surface area contributed by atoms with E-state index in [0.29, 0.717) is 0 Å². The second kappa shape index (κ2) is 6.70. The van der Waals surface area contributed by atoms with Gasteiger partial charge in [-0.25, -0.2) is 0 Å². The molecule has 2 aromatic carbocycles. The van der Waals surface area contributed by atoms with Gasteiger partial charge in [0.2, 0.25) is 0 Å². The summed E-state index contributed by atoms with van der Waals surface area (Å²) >= 11 is 6.56. The van der Waals surface area contributed by atoms with Gasteiger partial charge in [0.25, 0.3) is 0 Å². The molecular weight excluding hydrogens is 308 g/mol. The molecule has 1 atom stereocenters. The molecule has 2 rings (SSSR count). The lowest BCUT2D eigenvalue weighted by molar-refractivity contribution is 0.0899. The molecule has 0 fully saturated rings. The Morgan fingerprint density at radius 3 is 1.68 bits per heavy atom. The van der Waals surface area contributed by atoms with Gasteiger partial charge < -0.3 is 5.11 Å². The molecule has 22 heavy (non-hydrogen) atoms. The third-order valence-corrected chi connectivity index (χ3v) is 4.69. The maximum Gasteiger partial charge on any atom is 0.142 e. The Morgan fingerprint density at radius 2 is 1.32 bits per heavy atom. The lowest BCUT2D eigenvalue weighted by Gasteiger charge is -2.31. The predicted molar refractivity (Wildman–Crippen MR) is 96.6 cm³/mol. The van der Waals surface area contributed by atoms with Gasteiger partial charge in [0, 0.05) is 0 Å². The van der Waals surface area contributed by atoms with Gasteiger partial charge in [-0.05, 0) is 11.1 Å². The quantitative estimate of drug-likeness (QED) is 0.502. The summed E-state index contributed by atoms with van der Waals surface area (Å²) in [6.45, 7) is 6.48. The van der Waals surface area contributed by atoms with Crippen LogP contribution in [0.3, 0.4) is 0 Å². The van der Waals surface area contributed by atoms with Gasteiger partial charge in [0.1, 0.15) is 19.1 Å². The number of alkyl halides is 1. The van der Waals surface area contributed by atoms with Gasteiger partial charge in [-0.2, -0.15) is 0 Å². The summed E-state index contributed by atoms with van der Waals surface area (Å²) in [4.78, 5) is 0. The van der Waals surface area contributed by atoms with Crippen molar-refractivity contribution in [3.05, 3.63) is 71.8 Å². The van der Waals surface area contributed by atoms with E-state index in [1.807, 2.05) is 60.7 Å². The van der Waals surface area contributed by atoms with Crippen molar-refractivity contribution in [2.45, 2.75) is 30.6 Å². The highest BCUT2D eigenvalue weighted by Crippen LogP contribution is 2.35. The van der Waals surface area contributed by atoms with E-state index in [2.05, 4.69) is 31.1 Å². The van der Waals surface area contributed by atoms with Crippen molar-refractivity contribution < 1.29 is 5.11 Å². The standard InChI is InChI=1S/C19H21ClOSi/c1-22(2,3)15-14-18(20)19(21,16-10-6-4-7-11-16)17-12-8-5-9-13-17/h4-13,18,21H,1-3H3. The van der Waals surface area contributed by atoms with Crippen molar-refractivity contribution in [1.29, 1.82) is 0 Å². The second-order valence-corrected chi connectivity index (χ2v) is 11.6. The zero-order valence-electron chi connectivity index (χ0n) is 13.2. The van der Waals surface area contributed by atoms with E-state index >= 15 is 0 Å². The summed E-state index contributed by atoms with van der Waals surface area (Å²) in [5.74, 6) is 3.09. The highest BCUT2D eigenvalue weighted by molar-refractivity contribution is 6.83. The topological polar surface area (TPSA) is 20.2 Å². The Balaban J connectivity index is 2.54. The summed E-state index contributed by atoms with van der Waals surface area (Å²) in [7, 11) is -1.56. The molecule has 0 aliphatic carbocycles. The van der Waals surface area contributed by atoms with E-state index in [0.717, 1.165) is 11.1 Å². The van der Waals surface area contributed by atoms with E-state index in [9.17, 15) is 5.11 Å². The van der Waals surface area contributed by atoms with Crippen LogP contribution in [0.2, 0.25) is 19.6 Å². The number of hydrogen-bond donors (Lipinski definition) is 1. The SMILES string of the molecule is C[Si](C)(C)C#CC(Cl)C(O)(c1ccccc1)c1ccccc1. The van der Waals surface area contributed by atoms with Gasteiger partial charge in [-0.3, -0.25) is 0 Å². The van der Waals surface area contributed by atoms with Crippen LogP contribution in [0.25, 0.3) is 0 Å². The zero-order valence-corrected chi connectivity index (χ0v) is 14.9. The Hall–Kier alpha value is -1.53.